The van der Waals surface area contributed by atoms with Crippen LogP contribution in [-0.4, -0.2) is 23.6 Å². The maximum absolute atomic E-state index is 5.90. The minimum atomic E-state index is -0.108. The van der Waals surface area contributed by atoms with Crippen molar-refractivity contribution in [1.82, 2.24) is 15.3 Å². The molecule has 2 rings (SSSR count). The first kappa shape index (κ1) is 14.8. The van der Waals surface area contributed by atoms with Crippen molar-refractivity contribution in [1.29, 1.82) is 0 Å². The molecular formula is C15H18ClN3O. The van der Waals surface area contributed by atoms with Crippen molar-refractivity contribution in [2.24, 2.45) is 0 Å². The van der Waals surface area contributed by atoms with Crippen LogP contribution in [0.3, 0.4) is 0 Å². The highest BCUT2D eigenvalue weighted by atomic mass is 35.5. The van der Waals surface area contributed by atoms with E-state index in [9.17, 15) is 0 Å². The van der Waals surface area contributed by atoms with Crippen LogP contribution in [0.15, 0.2) is 36.7 Å². The van der Waals surface area contributed by atoms with Gasteiger partial charge in [0.05, 0.1) is 23.9 Å². The van der Waals surface area contributed by atoms with E-state index in [4.69, 9.17) is 16.3 Å². The Hall–Kier alpha value is -1.65. The van der Waals surface area contributed by atoms with E-state index in [2.05, 4.69) is 22.2 Å². The fourth-order valence-corrected chi connectivity index (χ4v) is 2.09. The summed E-state index contributed by atoms with van der Waals surface area (Å²) in [6.45, 7) is 2.99. The molecule has 1 atom stereocenters. The molecule has 0 bridgehead atoms. The molecule has 2 aromatic rings. The molecule has 0 saturated heterocycles. The van der Waals surface area contributed by atoms with Gasteiger partial charge in [0.25, 0.3) is 0 Å². The van der Waals surface area contributed by atoms with Crippen molar-refractivity contribution in [2.75, 3.05) is 13.7 Å². The van der Waals surface area contributed by atoms with E-state index in [1.54, 1.807) is 19.5 Å². The molecule has 0 aliphatic rings. The van der Waals surface area contributed by atoms with Gasteiger partial charge in [0.2, 0.25) is 0 Å². The zero-order valence-corrected chi connectivity index (χ0v) is 12.4. The zero-order chi connectivity index (χ0) is 14.4. The second-order valence-electron chi connectivity index (χ2n) is 4.38. The van der Waals surface area contributed by atoms with Crippen molar-refractivity contribution in [2.45, 2.75) is 19.4 Å². The van der Waals surface area contributed by atoms with Crippen LogP contribution in [0.4, 0.5) is 0 Å². The predicted octanol–water partition coefficient (Wildman–Crippen LogP) is 3.23. The third-order valence-corrected chi connectivity index (χ3v) is 3.16. The van der Waals surface area contributed by atoms with Gasteiger partial charge in [-0.15, -0.1) is 0 Å². The quantitative estimate of drug-likeness (QED) is 0.888. The molecule has 4 nitrogen and oxygen atoms in total. The number of hydrogen-bond acceptors (Lipinski definition) is 4. The van der Waals surface area contributed by atoms with E-state index in [0.717, 1.165) is 30.1 Å². The Morgan fingerprint density at radius 3 is 2.80 bits per heavy atom. The van der Waals surface area contributed by atoms with Crippen LogP contribution < -0.4 is 10.1 Å². The summed E-state index contributed by atoms with van der Waals surface area (Å²) in [7, 11) is 1.65. The number of ether oxygens (including phenoxy) is 1. The molecule has 20 heavy (non-hydrogen) atoms. The lowest BCUT2D eigenvalue weighted by Crippen LogP contribution is -2.25. The Morgan fingerprint density at radius 1 is 1.30 bits per heavy atom. The zero-order valence-electron chi connectivity index (χ0n) is 11.6. The minimum Gasteiger partial charge on any atom is -0.495 e. The molecule has 0 spiro atoms. The molecule has 0 amide bonds. The van der Waals surface area contributed by atoms with Gasteiger partial charge in [-0.1, -0.05) is 18.5 Å². The Labute approximate surface area is 124 Å². The molecule has 0 aromatic carbocycles. The molecule has 0 fully saturated rings. The number of pyridine rings is 2. The van der Waals surface area contributed by atoms with E-state index >= 15 is 0 Å². The van der Waals surface area contributed by atoms with E-state index in [0.29, 0.717) is 5.02 Å². The molecular weight excluding hydrogens is 274 g/mol. The summed E-state index contributed by atoms with van der Waals surface area (Å²) in [5.74, 6) is 0.748. The SMILES string of the molecule is CCCNC(c1ccc(Cl)cn1)c1ncccc1OC. The lowest BCUT2D eigenvalue weighted by molar-refractivity contribution is 0.399. The van der Waals surface area contributed by atoms with E-state index in [-0.39, 0.29) is 6.04 Å². The van der Waals surface area contributed by atoms with Crippen LogP contribution >= 0.6 is 11.6 Å². The molecule has 5 heteroatoms. The van der Waals surface area contributed by atoms with Crippen molar-refractivity contribution >= 4 is 11.6 Å². The van der Waals surface area contributed by atoms with Crippen LogP contribution in [0.1, 0.15) is 30.8 Å². The van der Waals surface area contributed by atoms with Crippen LogP contribution in [0.2, 0.25) is 5.02 Å². The highest BCUT2D eigenvalue weighted by Gasteiger charge is 2.20. The number of halogens is 1. The second kappa shape index (κ2) is 7.22. The largest absolute Gasteiger partial charge is 0.495 e. The minimum absolute atomic E-state index is 0.108. The summed E-state index contributed by atoms with van der Waals surface area (Å²) in [4.78, 5) is 8.83. The third kappa shape index (κ3) is 3.46. The van der Waals surface area contributed by atoms with Crippen molar-refractivity contribution in [3.8, 4) is 5.75 Å². The Morgan fingerprint density at radius 2 is 2.15 bits per heavy atom. The second-order valence-corrected chi connectivity index (χ2v) is 4.82. The molecule has 0 radical (unpaired) electrons. The van der Waals surface area contributed by atoms with Gasteiger partial charge in [-0.2, -0.15) is 0 Å². The average molecular weight is 292 g/mol. The highest BCUT2D eigenvalue weighted by Crippen LogP contribution is 2.27. The summed E-state index contributed by atoms with van der Waals surface area (Å²) in [6, 6.07) is 7.39. The topological polar surface area (TPSA) is 47.0 Å². The van der Waals surface area contributed by atoms with Gasteiger partial charge < -0.3 is 10.1 Å². The fraction of sp³-hybridized carbons (Fsp3) is 0.333. The third-order valence-electron chi connectivity index (χ3n) is 2.94. The summed E-state index contributed by atoms with van der Waals surface area (Å²) in [5.41, 5.74) is 1.71. The summed E-state index contributed by atoms with van der Waals surface area (Å²) >= 11 is 5.90. The van der Waals surface area contributed by atoms with Gasteiger partial charge >= 0.3 is 0 Å². The predicted molar refractivity (Wildman–Crippen MR) is 80.2 cm³/mol. The van der Waals surface area contributed by atoms with Gasteiger partial charge in [-0.05, 0) is 37.2 Å². The smallest absolute Gasteiger partial charge is 0.142 e. The van der Waals surface area contributed by atoms with Gasteiger partial charge in [0.15, 0.2) is 0 Å². The van der Waals surface area contributed by atoms with Gasteiger partial charge in [-0.25, -0.2) is 0 Å². The monoisotopic (exact) mass is 291 g/mol. The summed E-state index contributed by atoms with van der Waals surface area (Å²) in [5, 5.41) is 4.07. The van der Waals surface area contributed by atoms with Crippen LogP contribution in [-0.2, 0) is 0 Å². The first-order valence-electron chi connectivity index (χ1n) is 6.60. The number of nitrogens with one attached hydrogen (secondary N) is 1. The molecule has 0 aliphatic heterocycles. The summed E-state index contributed by atoms with van der Waals surface area (Å²) < 4.78 is 5.40. The molecule has 0 aliphatic carbocycles. The van der Waals surface area contributed by atoms with Crippen LogP contribution in [0.25, 0.3) is 0 Å². The maximum Gasteiger partial charge on any atom is 0.142 e. The molecule has 2 heterocycles. The normalized spacial score (nSPS) is 12.2. The number of nitrogens with zero attached hydrogens (tertiary/aromatic N) is 2. The Kier molecular flexibility index (Phi) is 5.32. The van der Waals surface area contributed by atoms with Crippen molar-refractivity contribution in [3.63, 3.8) is 0 Å². The Bertz CT molecular complexity index is 545. The average Bonchev–Trinajstić information content (AvgIpc) is 2.50. The van der Waals surface area contributed by atoms with Crippen LogP contribution in [0.5, 0.6) is 5.75 Å². The van der Waals surface area contributed by atoms with Crippen molar-refractivity contribution in [3.05, 3.63) is 53.1 Å². The molecule has 106 valence electrons. The standard InChI is InChI=1S/C15H18ClN3O/c1-3-8-17-14(12-7-6-11(16)10-19-12)15-13(20-2)5-4-9-18-15/h4-7,9-10,14,17H,3,8H2,1-2H3. The van der Waals surface area contributed by atoms with E-state index < -0.39 is 0 Å². The van der Waals surface area contributed by atoms with Gasteiger partial charge in [0, 0.05) is 12.4 Å². The first-order chi connectivity index (χ1) is 9.76. The van der Waals surface area contributed by atoms with E-state index in [1.807, 2.05) is 24.3 Å². The first-order valence-corrected chi connectivity index (χ1v) is 6.97. The number of hydrogen-bond donors (Lipinski definition) is 1. The molecule has 1 unspecified atom stereocenters. The lowest BCUT2D eigenvalue weighted by Gasteiger charge is -2.19. The highest BCUT2D eigenvalue weighted by molar-refractivity contribution is 6.30. The number of methoxy groups -OCH3 is 1. The maximum atomic E-state index is 5.90. The van der Waals surface area contributed by atoms with Gasteiger partial charge in [0.1, 0.15) is 11.4 Å². The van der Waals surface area contributed by atoms with Crippen LogP contribution in [0, 0.1) is 0 Å². The number of rotatable bonds is 6. The molecule has 0 saturated carbocycles. The lowest BCUT2D eigenvalue weighted by atomic mass is 10.1. The molecule has 2 aromatic heterocycles. The van der Waals surface area contributed by atoms with Crippen molar-refractivity contribution < 1.29 is 4.74 Å². The Balaban J connectivity index is 2.38. The van der Waals surface area contributed by atoms with Gasteiger partial charge in [-0.3, -0.25) is 9.97 Å². The summed E-state index contributed by atoms with van der Waals surface area (Å²) in [6.07, 6.45) is 4.43. The van der Waals surface area contributed by atoms with E-state index in [1.165, 1.54) is 0 Å². The number of aromatic nitrogens is 2. The molecule has 1 N–H and O–H groups in total. The fourth-order valence-electron chi connectivity index (χ4n) is 1.98.